The Morgan fingerprint density at radius 3 is 1.95 bits per heavy atom. The Labute approximate surface area is 250 Å². The van der Waals surface area contributed by atoms with Crippen LogP contribution >= 0.6 is 0 Å². The third-order valence-electron chi connectivity index (χ3n) is 6.36. The number of imide groups is 3. The lowest BCUT2D eigenvalue weighted by Crippen LogP contribution is -2.36. The fraction of sp³-hybridized carbons (Fsp3) is 0.148. The van der Waals surface area contributed by atoms with Gasteiger partial charge in [-0.05, 0) is 68.8 Å². The highest BCUT2D eigenvalue weighted by atomic mass is 32.2. The van der Waals surface area contributed by atoms with Crippen LogP contribution < -0.4 is 5.32 Å². The van der Waals surface area contributed by atoms with Gasteiger partial charge in [-0.3, -0.25) is 33.1 Å². The number of nitrogens with zero attached hydrogens (tertiary/aromatic N) is 3. The summed E-state index contributed by atoms with van der Waals surface area (Å²) in [5, 5.41) is 10.3. The molecule has 4 rings (SSSR count). The van der Waals surface area contributed by atoms with Gasteiger partial charge in [0.15, 0.2) is 5.78 Å². The summed E-state index contributed by atoms with van der Waals surface area (Å²) < 4.78 is 65.2. The first-order valence-corrected chi connectivity index (χ1v) is 15.2. The van der Waals surface area contributed by atoms with Gasteiger partial charge in [0.1, 0.15) is 0 Å². The number of ketones is 1. The van der Waals surface area contributed by atoms with Crippen LogP contribution in [0, 0.1) is 13.8 Å². The van der Waals surface area contributed by atoms with E-state index in [2.05, 4.69) is 15.5 Å². The zero-order chi connectivity index (χ0) is 32.7. The molecule has 44 heavy (non-hydrogen) atoms. The van der Waals surface area contributed by atoms with Crippen LogP contribution in [0.2, 0.25) is 0 Å². The van der Waals surface area contributed by atoms with Gasteiger partial charge in [0.25, 0.3) is 43.9 Å². The highest BCUT2D eigenvalue weighted by Gasteiger charge is 2.41. The third-order valence-corrected chi connectivity index (χ3v) is 8.02. The van der Waals surface area contributed by atoms with E-state index >= 15 is 0 Å². The van der Waals surface area contributed by atoms with Crippen molar-refractivity contribution in [2.24, 2.45) is 10.2 Å². The van der Waals surface area contributed by atoms with Crippen LogP contribution in [0.25, 0.3) is 0 Å². The average molecular weight is 643 g/mol. The van der Waals surface area contributed by atoms with Gasteiger partial charge in [-0.25, -0.2) is 4.90 Å². The number of hydrogen-bond acceptors (Lipinski definition) is 11. The topological polar surface area (TPSA) is 234 Å². The molecule has 1 heterocycles. The number of Topliss-reactive ketones (excluding diaryl/α,β-unsaturated/α-hetero) is 1. The van der Waals surface area contributed by atoms with E-state index in [1.165, 1.54) is 6.07 Å². The zero-order valence-corrected chi connectivity index (χ0v) is 24.6. The second kappa shape index (κ2) is 11.6. The average Bonchev–Trinajstić information content (AvgIpc) is 3.17. The lowest BCUT2D eigenvalue weighted by Gasteiger charge is -2.13. The molecule has 0 fully saturated rings. The molecule has 0 bridgehead atoms. The van der Waals surface area contributed by atoms with E-state index in [-0.39, 0.29) is 21.7 Å². The lowest BCUT2D eigenvalue weighted by molar-refractivity contribution is -0.126. The number of azo groups is 1. The summed E-state index contributed by atoms with van der Waals surface area (Å²) in [6.45, 7) is 4.77. The second-order valence-electron chi connectivity index (χ2n) is 9.66. The maximum absolute atomic E-state index is 13.1. The van der Waals surface area contributed by atoms with Gasteiger partial charge in [-0.1, -0.05) is 17.7 Å². The van der Waals surface area contributed by atoms with Crippen molar-refractivity contribution < 1.29 is 49.9 Å². The van der Waals surface area contributed by atoms with Crippen molar-refractivity contribution in [2.75, 3.05) is 5.32 Å². The fourth-order valence-electron chi connectivity index (χ4n) is 4.20. The highest BCUT2D eigenvalue weighted by Crippen LogP contribution is 2.30. The van der Waals surface area contributed by atoms with Gasteiger partial charge in [-0.2, -0.15) is 27.1 Å². The standard InChI is InChI=1S/C27H22N4O11S2/c1-13-4-7-22(14(2)8-13)28-24(33)23(15(3)32)30-29-17-5-6-20-21(11-17)27(36)31(26(20)35)25(34)16-9-18(43(37,38)39)12-19(10-16)44(40,41)42/h4-12,23H,1-3H3,(H,28,33)(H,37,38,39)(H,40,41,42). The van der Waals surface area contributed by atoms with Crippen molar-refractivity contribution in [3.8, 4) is 0 Å². The van der Waals surface area contributed by atoms with Crippen molar-refractivity contribution in [3.05, 3.63) is 82.4 Å². The molecule has 1 atom stereocenters. The van der Waals surface area contributed by atoms with Gasteiger partial charge in [0.05, 0.1) is 26.6 Å². The van der Waals surface area contributed by atoms with Crippen molar-refractivity contribution in [3.63, 3.8) is 0 Å². The van der Waals surface area contributed by atoms with Gasteiger partial charge in [0, 0.05) is 11.3 Å². The number of amides is 4. The molecule has 0 radical (unpaired) electrons. The number of rotatable bonds is 8. The van der Waals surface area contributed by atoms with Crippen molar-refractivity contribution in [1.29, 1.82) is 0 Å². The van der Waals surface area contributed by atoms with E-state index in [9.17, 15) is 49.9 Å². The van der Waals surface area contributed by atoms with E-state index in [1.807, 2.05) is 13.0 Å². The summed E-state index contributed by atoms with van der Waals surface area (Å²) in [5.41, 5.74) is 0.631. The first kappa shape index (κ1) is 32.0. The van der Waals surface area contributed by atoms with E-state index < -0.39 is 71.0 Å². The first-order valence-electron chi connectivity index (χ1n) is 12.3. The Morgan fingerprint density at radius 2 is 1.41 bits per heavy atom. The summed E-state index contributed by atoms with van der Waals surface area (Å²) in [4.78, 5) is 62.1. The van der Waals surface area contributed by atoms with Crippen molar-refractivity contribution in [2.45, 2.75) is 36.6 Å². The molecule has 15 nitrogen and oxygen atoms in total. The first-order chi connectivity index (χ1) is 20.4. The van der Waals surface area contributed by atoms with Crippen LogP contribution in [0.5, 0.6) is 0 Å². The molecule has 1 aliphatic heterocycles. The third kappa shape index (κ3) is 6.50. The molecular formula is C27H22N4O11S2. The monoisotopic (exact) mass is 642 g/mol. The molecule has 4 amide bonds. The van der Waals surface area contributed by atoms with Crippen molar-refractivity contribution in [1.82, 2.24) is 4.90 Å². The van der Waals surface area contributed by atoms with Gasteiger partial charge < -0.3 is 5.32 Å². The van der Waals surface area contributed by atoms with E-state index in [0.717, 1.165) is 30.2 Å². The zero-order valence-electron chi connectivity index (χ0n) is 23.0. The number of fused-ring (bicyclic) bond motifs is 1. The highest BCUT2D eigenvalue weighted by molar-refractivity contribution is 7.86. The normalized spacial score (nSPS) is 14.1. The molecule has 0 spiro atoms. The lowest BCUT2D eigenvalue weighted by atomic mass is 10.1. The van der Waals surface area contributed by atoms with Crippen LogP contribution in [0.4, 0.5) is 11.4 Å². The Hall–Kier alpha value is -4.97. The number of carbonyl (C=O) groups is 5. The number of hydrogen-bond donors (Lipinski definition) is 3. The Bertz CT molecular complexity index is 1990. The van der Waals surface area contributed by atoms with Crippen LogP contribution in [0.3, 0.4) is 0 Å². The second-order valence-corrected chi connectivity index (χ2v) is 12.5. The summed E-state index contributed by atoms with van der Waals surface area (Å²) >= 11 is 0. The predicted octanol–water partition coefficient (Wildman–Crippen LogP) is 2.91. The number of anilines is 1. The minimum absolute atomic E-state index is 0.0770. The molecule has 1 unspecified atom stereocenters. The maximum atomic E-state index is 13.1. The SMILES string of the molecule is CC(=O)C(N=Nc1ccc2c(c1)C(=O)N(C(=O)c1cc(S(=O)(=O)O)cc(S(=O)(=O)O)c1)C2=O)C(=O)Nc1ccc(C)cc1C. The molecule has 3 aromatic carbocycles. The number of carbonyl (C=O) groups excluding carboxylic acids is 5. The maximum Gasteiger partial charge on any atom is 0.294 e. The van der Waals surface area contributed by atoms with E-state index in [1.54, 1.807) is 19.1 Å². The molecule has 1 aliphatic rings. The van der Waals surface area contributed by atoms with Crippen molar-refractivity contribution >= 4 is 61.0 Å². The fourth-order valence-corrected chi connectivity index (χ4v) is 5.37. The van der Waals surface area contributed by atoms with Crippen LogP contribution in [-0.4, -0.2) is 66.3 Å². The molecular weight excluding hydrogens is 620 g/mol. The van der Waals surface area contributed by atoms with Crippen LogP contribution in [0.1, 0.15) is 49.1 Å². The summed E-state index contributed by atoms with van der Waals surface area (Å²) in [6, 6.07) is 8.49. The minimum atomic E-state index is -5.09. The summed E-state index contributed by atoms with van der Waals surface area (Å²) in [5.74, 6) is -5.23. The van der Waals surface area contributed by atoms with Crippen LogP contribution in [0.15, 0.2) is 74.6 Å². The molecule has 0 aromatic heterocycles. The van der Waals surface area contributed by atoms with E-state index in [4.69, 9.17) is 0 Å². The molecule has 0 saturated heterocycles. The quantitative estimate of drug-likeness (QED) is 0.140. The Morgan fingerprint density at radius 1 is 0.818 bits per heavy atom. The molecule has 17 heteroatoms. The Balaban J connectivity index is 1.62. The largest absolute Gasteiger partial charge is 0.324 e. The molecule has 3 N–H and O–H groups in total. The molecule has 0 saturated carbocycles. The molecule has 0 aliphatic carbocycles. The predicted molar refractivity (Wildman–Crippen MR) is 151 cm³/mol. The number of benzene rings is 3. The molecule has 3 aromatic rings. The number of aryl methyl sites for hydroxylation is 2. The summed E-state index contributed by atoms with van der Waals surface area (Å²) in [7, 11) is -10.2. The van der Waals surface area contributed by atoms with Crippen LogP contribution in [-0.2, 0) is 29.8 Å². The van der Waals surface area contributed by atoms with E-state index in [0.29, 0.717) is 23.9 Å². The van der Waals surface area contributed by atoms with Gasteiger partial charge in [0.2, 0.25) is 6.04 Å². The smallest absolute Gasteiger partial charge is 0.294 e. The minimum Gasteiger partial charge on any atom is -0.324 e. The van der Waals surface area contributed by atoms with Gasteiger partial charge in [-0.15, -0.1) is 0 Å². The summed E-state index contributed by atoms with van der Waals surface area (Å²) in [6.07, 6.45) is 0. The number of nitrogens with one attached hydrogen (secondary N) is 1. The molecule has 228 valence electrons. The Kier molecular flexibility index (Phi) is 8.43. The van der Waals surface area contributed by atoms with Gasteiger partial charge >= 0.3 is 0 Å².